The molecule has 1 fully saturated rings. The lowest BCUT2D eigenvalue weighted by Gasteiger charge is -2.24. The molecule has 42 heavy (non-hydrogen) atoms. The van der Waals surface area contributed by atoms with Crippen molar-refractivity contribution in [2.24, 2.45) is 17.6 Å². The zero-order valence-corrected chi connectivity index (χ0v) is 25.5. The van der Waals surface area contributed by atoms with Gasteiger partial charge in [-0.15, -0.1) is 0 Å². The summed E-state index contributed by atoms with van der Waals surface area (Å²) in [5.74, 6) is 1.20. The van der Waals surface area contributed by atoms with Gasteiger partial charge in [0.1, 0.15) is 0 Å². The molecule has 0 bridgehead atoms. The Morgan fingerprint density at radius 2 is 1.62 bits per heavy atom. The zero-order chi connectivity index (χ0) is 30.6. The van der Waals surface area contributed by atoms with Gasteiger partial charge in [-0.05, 0) is 82.1 Å². The fourth-order valence-corrected chi connectivity index (χ4v) is 5.15. The number of hydrogen-bond donors (Lipinski definition) is 2. The van der Waals surface area contributed by atoms with Crippen LogP contribution in [0.5, 0.6) is 0 Å². The van der Waals surface area contributed by atoms with Gasteiger partial charge in [0.2, 0.25) is 11.7 Å². The van der Waals surface area contributed by atoms with E-state index in [0.29, 0.717) is 28.7 Å². The van der Waals surface area contributed by atoms with Crippen molar-refractivity contribution in [2.45, 2.75) is 66.2 Å². The first-order valence-electron chi connectivity index (χ1n) is 15.0. The molecule has 0 spiro atoms. The Morgan fingerprint density at radius 3 is 2.17 bits per heavy atom. The molecule has 0 saturated carbocycles. The van der Waals surface area contributed by atoms with Gasteiger partial charge in [-0.2, -0.15) is 0 Å². The number of carbonyl (C=O) groups is 3. The maximum absolute atomic E-state index is 13.7. The minimum absolute atomic E-state index is 0.0229. The molecule has 228 valence electrons. The molecule has 0 aliphatic carbocycles. The van der Waals surface area contributed by atoms with Crippen molar-refractivity contribution in [3.05, 3.63) is 53.5 Å². The number of benzene rings is 1. The second-order valence-corrected chi connectivity index (χ2v) is 11.8. The molecule has 1 saturated heterocycles. The van der Waals surface area contributed by atoms with Gasteiger partial charge < -0.3 is 20.6 Å². The second-order valence-electron chi connectivity index (χ2n) is 11.8. The molecule has 2 amide bonds. The molecule has 0 atom stereocenters. The summed E-state index contributed by atoms with van der Waals surface area (Å²) in [5.41, 5.74) is 9.28. The molecule has 4 rings (SSSR count). The number of primary amides is 1. The highest BCUT2D eigenvalue weighted by molar-refractivity contribution is 5.94. The number of aromatic nitrogens is 3. The van der Waals surface area contributed by atoms with Gasteiger partial charge in [0, 0.05) is 36.6 Å². The van der Waals surface area contributed by atoms with Crippen LogP contribution >= 0.6 is 0 Å². The van der Waals surface area contributed by atoms with E-state index in [9.17, 15) is 9.59 Å². The first kappa shape index (κ1) is 32.7. The Balaban J connectivity index is 0.00000155. The smallest absolute Gasteiger partial charge is 0.290 e. The van der Waals surface area contributed by atoms with Crippen LogP contribution in [0.25, 0.3) is 17.0 Å². The summed E-state index contributed by atoms with van der Waals surface area (Å²) in [5, 5.41) is 6.89. The fourth-order valence-electron chi connectivity index (χ4n) is 5.15. The summed E-state index contributed by atoms with van der Waals surface area (Å²) in [7, 11) is 0. The molecule has 0 radical (unpaired) electrons. The van der Waals surface area contributed by atoms with Crippen LogP contribution in [0.15, 0.2) is 36.7 Å². The Kier molecular flexibility index (Phi) is 12.5. The Morgan fingerprint density at radius 1 is 1.02 bits per heavy atom. The molecule has 10 nitrogen and oxygen atoms in total. The number of fused-ring (bicyclic) bond motifs is 1. The first-order valence-corrected chi connectivity index (χ1v) is 15.0. The van der Waals surface area contributed by atoms with E-state index < -0.39 is 5.91 Å². The number of carboxylic acid groups (broad SMARTS) is 1. The standard InChI is InChI=1S/C31H44N6O2.CH2O2/c1-22(2)13-18-36(19-14-23(3)4)30(39)26-20-33-31-34-28(24-9-11-25(12-10-24)29(32)38)27(37(31)21-26)8-7-17-35-15-5-6-16-35;2-1-3/h9-12,20-23H,5-8,13-19H2,1-4H3,(H2,32,38);1H,(H,2,3). The molecule has 1 aliphatic rings. The lowest BCUT2D eigenvalue weighted by atomic mass is 10.0. The lowest BCUT2D eigenvalue weighted by molar-refractivity contribution is -0.122. The van der Waals surface area contributed by atoms with Crippen molar-refractivity contribution in [1.82, 2.24) is 24.2 Å². The molecule has 1 aliphatic heterocycles. The number of rotatable bonds is 13. The number of aryl methyl sites for hydroxylation is 1. The third kappa shape index (κ3) is 9.11. The molecule has 0 unspecified atom stereocenters. The van der Waals surface area contributed by atoms with E-state index in [2.05, 4.69) is 37.6 Å². The van der Waals surface area contributed by atoms with E-state index in [0.717, 1.165) is 75.4 Å². The molecule has 3 heterocycles. The minimum atomic E-state index is -0.452. The van der Waals surface area contributed by atoms with E-state index in [1.165, 1.54) is 12.8 Å². The number of imidazole rings is 1. The summed E-state index contributed by atoms with van der Waals surface area (Å²) < 4.78 is 2.00. The van der Waals surface area contributed by atoms with Crippen molar-refractivity contribution >= 4 is 24.1 Å². The van der Waals surface area contributed by atoms with Crippen molar-refractivity contribution in [1.29, 1.82) is 0 Å². The third-order valence-corrected chi connectivity index (χ3v) is 7.60. The largest absolute Gasteiger partial charge is 0.483 e. The highest BCUT2D eigenvalue weighted by atomic mass is 16.3. The monoisotopic (exact) mass is 578 g/mol. The quantitative estimate of drug-likeness (QED) is 0.279. The van der Waals surface area contributed by atoms with E-state index in [-0.39, 0.29) is 12.4 Å². The molecule has 1 aromatic carbocycles. The number of amides is 2. The number of nitrogens with two attached hydrogens (primary N) is 1. The van der Waals surface area contributed by atoms with Crippen molar-refractivity contribution in [3.8, 4) is 11.3 Å². The number of likely N-dealkylation sites (tertiary alicyclic amines) is 1. The van der Waals surface area contributed by atoms with Crippen LogP contribution in [-0.2, 0) is 11.2 Å². The molecular formula is C32H46N6O4. The van der Waals surface area contributed by atoms with Gasteiger partial charge in [0.25, 0.3) is 12.4 Å². The van der Waals surface area contributed by atoms with E-state index in [1.807, 2.05) is 27.6 Å². The third-order valence-electron chi connectivity index (χ3n) is 7.60. The van der Waals surface area contributed by atoms with Crippen LogP contribution in [0.1, 0.15) is 86.2 Å². The van der Waals surface area contributed by atoms with Gasteiger partial charge >= 0.3 is 0 Å². The second kappa shape index (κ2) is 16.0. The predicted octanol–water partition coefficient (Wildman–Crippen LogP) is 4.76. The predicted molar refractivity (Wildman–Crippen MR) is 164 cm³/mol. The summed E-state index contributed by atoms with van der Waals surface area (Å²) in [6.45, 7) is 13.4. The average Bonchev–Trinajstić information content (AvgIpc) is 3.61. The SMILES string of the molecule is CC(C)CCN(CCC(C)C)C(=O)c1cnc2nc(-c3ccc(C(N)=O)cc3)c(CCCN3CCCC3)n2c1.O=CO. The van der Waals surface area contributed by atoms with Crippen LogP contribution in [0.3, 0.4) is 0 Å². The fraction of sp³-hybridized carbons (Fsp3) is 0.531. The number of nitrogens with zero attached hydrogens (tertiary/aromatic N) is 5. The average molecular weight is 579 g/mol. The van der Waals surface area contributed by atoms with Crippen LogP contribution in [0.4, 0.5) is 0 Å². The van der Waals surface area contributed by atoms with E-state index in [1.54, 1.807) is 18.3 Å². The zero-order valence-electron chi connectivity index (χ0n) is 25.5. The summed E-state index contributed by atoms with van der Waals surface area (Å²) in [6.07, 6.45) is 9.87. The summed E-state index contributed by atoms with van der Waals surface area (Å²) >= 11 is 0. The Bertz CT molecular complexity index is 1300. The van der Waals surface area contributed by atoms with Gasteiger partial charge in [-0.25, -0.2) is 9.97 Å². The molecule has 10 heteroatoms. The maximum atomic E-state index is 13.7. The van der Waals surface area contributed by atoms with Gasteiger partial charge in [0.05, 0.1) is 17.0 Å². The van der Waals surface area contributed by atoms with Gasteiger partial charge in [-0.1, -0.05) is 39.8 Å². The summed E-state index contributed by atoms with van der Waals surface area (Å²) in [6, 6.07) is 7.24. The number of hydrogen-bond acceptors (Lipinski definition) is 6. The lowest BCUT2D eigenvalue weighted by Crippen LogP contribution is -2.34. The topological polar surface area (TPSA) is 134 Å². The van der Waals surface area contributed by atoms with Crippen LogP contribution in [0.2, 0.25) is 0 Å². The van der Waals surface area contributed by atoms with Crippen LogP contribution in [-0.4, -0.2) is 80.3 Å². The van der Waals surface area contributed by atoms with Crippen molar-refractivity contribution < 1.29 is 19.5 Å². The van der Waals surface area contributed by atoms with Crippen LogP contribution in [0, 0.1) is 11.8 Å². The minimum Gasteiger partial charge on any atom is -0.483 e. The highest BCUT2D eigenvalue weighted by Crippen LogP contribution is 2.26. The van der Waals surface area contributed by atoms with Gasteiger partial charge in [0.15, 0.2) is 0 Å². The van der Waals surface area contributed by atoms with Gasteiger partial charge in [-0.3, -0.25) is 18.8 Å². The van der Waals surface area contributed by atoms with E-state index >= 15 is 0 Å². The first-order chi connectivity index (χ1) is 20.1. The van der Waals surface area contributed by atoms with Crippen molar-refractivity contribution in [3.63, 3.8) is 0 Å². The molecular weight excluding hydrogens is 532 g/mol. The normalized spacial score (nSPS) is 13.4. The van der Waals surface area contributed by atoms with Crippen molar-refractivity contribution in [2.75, 3.05) is 32.7 Å². The maximum Gasteiger partial charge on any atom is 0.290 e. The molecule has 3 N–H and O–H groups in total. The van der Waals surface area contributed by atoms with Crippen LogP contribution < -0.4 is 5.73 Å². The number of carbonyl (C=O) groups excluding carboxylic acids is 2. The molecule has 2 aromatic heterocycles. The Hall–Kier alpha value is -3.79. The van der Waals surface area contributed by atoms with E-state index in [4.69, 9.17) is 20.6 Å². The molecule has 3 aromatic rings. The Labute approximate surface area is 248 Å². The highest BCUT2D eigenvalue weighted by Gasteiger charge is 2.21. The summed E-state index contributed by atoms with van der Waals surface area (Å²) in [4.78, 5) is 47.7.